The van der Waals surface area contributed by atoms with E-state index in [1.54, 1.807) is 24.3 Å². The van der Waals surface area contributed by atoms with Gasteiger partial charge in [-0.05, 0) is 36.4 Å². The first kappa shape index (κ1) is 23.1. The van der Waals surface area contributed by atoms with Crippen molar-refractivity contribution in [1.82, 2.24) is 0 Å². The first-order chi connectivity index (χ1) is 16.7. The second kappa shape index (κ2) is 8.86. The fourth-order valence-electron chi connectivity index (χ4n) is 4.56. The van der Waals surface area contributed by atoms with Gasteiger partial charge < -0.3 is 24.2 Å². The Morgan fingerprint density at radius 1 is 1.11 bits per heavy atom. The van der Waals surface area contributed by atoms with Crippen molar-refractivity contribution in [3.8, 4) is 17.2 Å². The standard InChI is InChI=1S/C24H24F3N3O5/c1-14-19(9-22(31)32)30(28-23(14)24(25,26)27)16-2-5-18(6-3-16)33-12-15-10-29(11-15)17-4-7-20-21(8-17)35-13-34-20/h2-8,14-15,19H,9-13H2,1H3,(H,31,32). The van der Waals surface area contributed by atoms with Crippen LogP contribution in [0.5, 0.6) is 17.2 Å². The average molecular weight is 491 g/mol. The summed E-state index contributed by atoms with van der Waals surface area (Å²) in [5, 5.41) is 14.1. The third-order valence-electron chi connectivity index (χ3n) is 6.48. The topological polar surface area (TPSA) is 83.8 Å². The minimum absolute atomic E-state index is 0.237. The number of aliphatic carboxylic acids is 1. The monoisotopic (exact) mass is 491 g/mol. The van der Waals surface area contributed by atoms with E-state index in [0.717, 1.165) is 35.3 Å². The van der Waals surface area contributed by atoms with Crippen LogP contribution in [0.1, 0.15) is 13.3 Å². The summed E-state index contributed by atoms with van der Waals surface area (Å²) in [6.07, 6.45) is -5.07. The fraction of sp³-hybridized carbons (Fsp3) is 0.417. The zero-order valence-corrected chi connectivity index (χ0v) is 18.9. The lowest BCUT2D eigenvalue weighted by Crippen LogP contribution is -2.49. The second-order valence-electron chi connectivity index (χ2n) is 8.89. The number of carboxylic acid groups (broad SMARTS) is 1. The average Bonchev–Trinajstić information content (AvgIpc) is 3.37. The van der Waals surface area contributed by atoms with Gasteiger partial charge in [0.15, 0.2) is 11.5 Å². The Morgan fingerprint density at radius 2 is 1.80 bits per heavy atom. The van der Waals surface area contributed by atoms with Crippen LogP contribution in [0, 0.1) is 11.8 Å². The molecule has 0 aromatic heterocycles. The third kappa shape index (κ3) is 4.67. The van der Waals surface area contributed by atoms with Crippen LogP contribution in [-0.4, -0.2) is 55.5 Å². The fourth-order valence-corrected chi connectivity index (χ4v) is 4.56. The van der Waals surface area contributed by atoms with Gasteiger partial charge in [0.2, 0.25) is 6.79 Å². The van der Waals surface area contributed by atoms with Gasteiger partial charge in [-0.15, -0.1) is 0 Å². The number of carbonyl (C=O) groups is 1. The number of ether oxygens (including phenoxy) is 3. The summed E-state index contributed by atoms with van der Waals surface area (Å²) < 4.78 is 56.7. The first-order valence-corrected chi connectivity index (χ1v) is 11.2. The Labute approximate surface area is 199 Å². The lowest BCUT2D eigenvalue weighted by molar-refractivity contribution is -0.137. The number of hydrogen-bond donors (Lipinski definition) is 1. The Morgan fingerprint density at radius 3 is 2.49 bits per heavy atom. The largest absolute Gasteiger partial charge is 0.493 e. The zero-order valence-electron chi connectivity index (χ0n) is 18.9. The minimum Gasteiger partial charge on any atom is -0.493 e. The molecule has 3 aliphatic rings. The van der Waals surface area contributed by atoms with Gasteiger partial charge in [0.05, 0.1) is 24.8 Å². The summed E-state index contributed by atoms with van der Waals surface area (Å²) in [5.74, 6) is 0.160. The molecule has 1 saturated heterocycles. The number of hydrogen-bond acceptors (Lipinski definition) is 7. The van der Waals surface area contributed by atoms with Crippen LogP contribution in [-0.2, 0) is 4.79 Å². The first-order valence-electron chi connectivity index (χ1n) is 11.2. The number of halogens is 3. The molecule has 2 aromatic carbocycles. The van der Waals surface area contributed by atoms with Gasteiger partial charge >= 0.3 is 12.1 Å². The second-order valence-corrected chi connectivity index (χ2v) is 8.89. The highest BCUT2D eigenvalue weighted by atomic mass is 19.4. The van der Waals surface area contributed by atoms with Gasteiger partial charge in [0.1, 0.15) is 11.5 Å². The molecule has 0 aliphatic carbocycles. The molecule has 5 rings (SSSR count). The summed E-state index contributed by atoms with van der Waals surface area (Å²) >= 11 is 0. The van der Waals surface area contributed by atoms with Crippen LogP contribution < -0.4 is 24.1 Å². The van der Waals surface area contributed by atoms with Crippen LogP contribution in [0.4, 0.5) is 24.5 Å². The van der Waals surface area contributed by atoms with Crippen LogP contribution in [0.2, 0.25) is 0 Å². The van der Waals surface area contributed by atoms with Gasteiger partial charge in [0, 0.05) is 36.7 Å². The SMILES string of the molecule is CC1C(C(F)(F)F)=NN(c2ccc(OCC3CN(c4ccc5c(c4)OCO5)C3)cc2)C1CC(=O)O. The number of nitrogens with zero attached hydrogens (tertiary/aromatic N) is 3. The van der Waals surface area contributed by atoms with Crippen LogP contribution in [0.3, 0.4) is 0 Å². The molecule has 0 amide bonds. The molecule has 0 spiro atoms. The van der Waals surface area contributed by atoms with Crippen LogP contribution in [0.25, 0.3) is 0 Å². The Bertz CT molecular complexity index is 1130. The highest BCUT2D eigenvalue weighted by molar-refractivity contribution is 5.95. The van der Waals surface area contributed by atoms with E-state index in [0.29, 0.717) is 24.0 Å². The summed E-state index contributed by atoms with van der Waals surface area (Å²) in [4.78, 5) is 13.5. The lowest BCUT2D eigenvalue weighted by Gasteiger charge is -2.40. The molecular formula is C24H24F3N3O5. The van der Waals surface area contributed by atoms with E-state index in [-0.39, 0.29) is 6.79 Å². The number of anilines is 2. The van der Waals surface area contributed by atoms with E-state index in [9.17, 15) is 23.1 Å². The van der Waals surface area contributed by atoms with Gasteiger partial charge in [-0.25, -0.2) is 0 Å². The van der Waals surface area contributed by atoms with Crippen molar-refractivity contribution >= 4 is 23.1 Å². The van der Waals surface area contributed by atoms with Crippen molar-refractivity contribution in [1.29, 1.82) is 0 Å². The Kier molecular flexibility index (Phi) is 5.86. The maximum atomic E-state index is 13.3. The quantitative estimate of drug-likeness (QED) is 0.623. The third-order valence-corrected chi connectivity index (χ3v) is 6.48. The Hall–Kier alpha value is -3.63. The van der Waals surface area contributed by atoms with Gasteiger partial charge in [-0.1, -0.05) is 6.92 Å². The summed E-state index contributed by atoms with van der Waals surface area (Å²) in [5.41, 5.74) is 0.470. The summed E-state index contributed by atoms with van der Waals surface area (Å²) in [7, 11) is 0. The van der Waals surface area contributed by atoms with Crippen molar-refractivity contribution in [3.05, 3.63) is 42.5 Å². The molecule has 11 heteroatoms. The number of carboxylic acids is 1. The molecule has 1 fully saturated rings. The summed E-state index contributed by atoms with van der Waals surface area (Å²) in [6, 6.07) is 11.4. The molecule has 2 aromatic rings. The summed E-state index contributed by atoms with van der Waals surface area (Å²) in [6.45, 7) is 3.74. The molecule has 8 nitrogen and oxygen atoms in total. The van der Waals surface area contributed by atoms with Gasteiger partial charge in [-0.2, -0.15) is 18.3 Å². The number of benzene rings is 2. The van der Waals surface area contributed by atoms with E-state index in [2.05, 4.69) is 10.0 Å². The number of alkyl halides is 3. The van der Waals surface area contributed by atoms with E-state index in [1.165, 1.54) is 6.92 Å². The van der Waals surface area contributed by atoms with E-state index in [4.69, 9.17) is 14.2 Å². The maximum Gasteiger partial charge on any atom is 0.431 e. The highest BCUT2D eigenvalue weighted by Crippen LogP contribution is 2.38. The zero-order chi connectivity index (χ0) is 24.7. The molecule has 1 N–H and O–H groups in total. The van der Waals surface area contributed by atoms with Crippen molar-refractivity contribution in [2.45, 2.75) is 25.6 Å². The predicted molar refractivity (Wildman–Crippen MR) is 121 cm³/mol. The molecule has 2 unspecified atom stereocenters. The van der Waals surface area contributed by atoms with E-state index >= 15 is 0 Å². The number of rotatable bonds is 7. The predicted octanol–water partition coefficient (Wildman–Crippen LogP) is 4.15. The van der Waals surface area contributed by atoms with Crippen LogP contribution >= 0.6 is 0 Å². The number of hydrazone groups is 1. The smallest absolute Gasteiger partial charge is 0.431 e. The molecule has 186 valence electrons. The minimum atomic E-state index is -4.62. The van der Waals surface area contributed by atoms with E-state index < -0.39 is 36.2 Å². The van der Waals surface area contributed by atoms with Gasteiger partial charge in [-0.3, -0.25) is 9.80 Å². The molecule has 2 atom stereocenters. The van der Waals surface area contributed by atoms with E-state index in [1.807, 2.05) is 18.2 Å². The van der Waals surface area contributed by atoms with Crippen molar-refractivity contribution in [2.75, 3.05) is 36.4 Å². The van der Waals surface area contributed by atoms with Gasteiger partial charge in [0.25, 0.3) is 0 Å². The molecule has 3 heterocycles. The molecule has 0 bridgehead atoms. The normalized spacial score (nSPS) is 21.7. The van der Waals surface area contributed by atoms with Crippen molar-refractivity contribution in [3.63, 3.8) is 0 Å². The lowest BCUT2D eigenvalue weighted by atomic mass is 9.94. The maximum absolute atomic E-state index is 13.3. The van der Waals surface area contributed by atoms with Crippen LogP contribution in [0.15, 0.2) is 47.6 Å². The van der Waals surface area contributed by atoms with Crippen molar-refractivity contribution in [2.24, 2.45) is 16.9 Å². The highest BCUT2D eigenvalue weighted by Gasteiger charge is 2.48. The molecule has 0 saturated carbocycles. The molecular weight excluding hydrogens is 467 g/mol. The molecule has 35 heavy (non-hydrogen) atoms. The number of fused-ring (bicyclic) bond motifs is 1. The Balaban J connectivity index is 1.18. The van der Waals surface area contributed by atoms with Crippen molar-refractivity contribution < 1.29 is 37.3 Å². The molecule has 0 radical (unpaired) electrons. The molecule has 3 aliphatic heterocycles.